The van der Waals surface area contributed by atoms with Crippen LogP contribution in [0.1, 0.15) is 37.9 Å². The molecule has 0 bridgehead atoms. The number of carbonyl (C=O) groups excluding carboxylic acids is 2. The van der Waals surface area contributed by atoms with Crippen molar-refractivity contribution in [1.29, 1.82) is 0 Å². The van der Waals surface area contributed by atoms with Gasteiger partial charge in [-0.05, 0) is 72.1 Å². The summed E-state index contributed by atoms with van der Waals surface area (Å²) in [7, 11) is 1.27. The summed E-state index contributed by atoms with van der Waals surface area (Å²) in [5.41, 5.74) is 4.56. The lowest BCUT2D eigenvalue weighted by Crippen LogP contribution is -2.45. The van der Waals surface area contributed by atoms with Crippen LogP contribution in [-0.2, 0) is 9.53 Å². The van der Waals surface area contributed by atoms with Crippen molar-refractivity contribution in [2.45, 2.75) is 33.0 Å². The summed E-state index contributed by atoms with van der Waals surface area (Å²) in [4.78, 5) is 24.6. The van der Waals surface area contributed by atoms with Gasteiger partial charge >= 0.3 is 12.0 Å². The molecule has 2 amide bonds. The molecule has 2 atom stereocenters. The third-order valence-corrected chi connectivity index (χ3v) is 6.38. The number of hydrazone groups is 1. The van der Waals surface area contributed by atoms with Gasteiger partial charge in [0.1, 0.15) is 13.2 Å². The Morgan fingerprint density at radius 1 is 1.14 bits per heavy atom. The van der Waals surface area contributed by atoms with E-state index in [0.29, 0.717) is 64.1 Å². The Kier molecular flexibility index (Phi) is 12.1. The van der Waals surface area contributed by atoms with Gasteiger partial charge in [-0.2, -0.15) is 5.10 Å². The number of carbonyl (C=O) groups is 2. The molecular formula is C29H35BrN4O8. The Morgan fingerprint density at radius 3 is 2.57 bits per heavy atom. The number of hydrogen-bond acceptors (Lipinski definition) is 10. The van der Waals surface area contributed by atoms with E-state index in [1.54, 1.807) is 43.3 Å². The quantitative estimate of drug-likeness (QED) is 0.0742. The highest BCUT2D eigenvalue weighted by atomic mass is 79.9. The van der Waals surface area contributed by atoms with Crippen LogP contribution in [-0.4, -0.2) is 63.1 Å². The lowest BCUT2D eigenvalue weighted by Gasteiger charge is -2.28. The number of esters is 1. The largest absolute Gasteiger partial charge is 0.490 e. The minimum Gasteiger partial charge on any atom is -0.490 e. The number of urea groups is 1. The molecular weight excluding hydrogens is 612 g/mol. The molecule has 4 N–H and O–H groups in total. The Bertz CT molecular complexity index is 1350. The van der Waals surface area contributed by atoms with Gasteiger partial charge in [-0.1, -0.05) is 18.7 Å². The number of nitrogens with one attached hydrogen (secondary N) is 3. The van der Waals surface area contributed by atoms with Gasteiger partial charge in [0, 0.05) is 5.70 Å². The van der Waals surface area contributed by atoms with Crippen LogP contribution in [0.25, 0.3) is 0 Å². The van der Waals surface area contributed by atoms with Crippen molar-refractivity contribution in [2.24, 2.45) is 5.10 Å². The Hall–Kier alpha value is -4.23. The van der Waals surface area contributed by atoms with Gasteiger partial charge in [0.25, 0.3) is 0 Å². The molecule has 1 aliphatic heterocycles. The number of rotatable bonds is 15. The molecule has 0 spiro atoms. The molecule has 3 rings (SSSR count). The summed E-state index contributed by atoms with van der Waals surface area (Å²) in [6, 6.07) is 7.36. The number of allylic oxidation sites excluding steroid dienone is 1. The molecule has 0 unspecified atom stereocenters. The first kappa shape index (κ1) is 32.3. The second-order valence-corrected chi connectivity index (χ2v) is 9.63. The van der Waals surface area contributed by atoms with Crippen molar-refractivity contribution >= 4 is 34.1 Å². The number of aliphatic hydroxyl groups is 1. The van der Waals surface area contributed by atoms with E-state index in [1.807, 2.05) is 13.8 Å². The maximum Gasteiger partial charge on any atom is 0.337 e. The summed E-state index contributed by atoms with van der Waals surface area (Å²) in [6.45, 7) is 9.92. The number of amides is 2. The summed E-state index contributed by atoms with van der Waals surface area (Å²) < 4.78 is 28.5. The van der Waals surface area contributed by atoms with Gasteiger partial charge < -0.3 is 39.4 Å². The van der Waals surface area contributed by atoms with Crippen LogP contribution < -0.4 is 35.0 Å². The number of halogens is 1. The predicted molar refractivity (Wildman–Crippen MR) is 160 cm³/mol. The number of hydrogen-bond donors (Lipinski definition) is 4. The third kappa shape index (κ3) is 8.40. The van der Waals surface area contributed by atoms with Crippen LogP contribution in [0.5, 0.6) is 23.0 Å². The lowest BCUT2D eigenvalue weighted by molar-refractivity contribution is -0.136. The molecule has 1 aliphatic rings. The Labute approximate surface area is 252 Å². The summed E-state index contributed by atoms with van der Waals surface area (Å²) in [5.74, 6) is 1.25. The van der Waals surface area contributed by atoms with E-state index in [1.165, 1.54) is 13.3 Å². The zero-order chi connectivity index (χ0) is 30.6. The number of aliphatic hydroxyl groups excluding tert-OH is 1. The molecule has 2 aromatic rings. The standard InChI is InChI=1S/C29H35BrN4O8/c1-6-11-41-27-20(30)12-18(13-23(27)40-8-3)15-31-34-24(35)16-42-21-10-9-19(14-22(21)39-7-2)26-25(28(36)38-5)17(4)32-29(37)33-26/h6,9-10,12-15,24,26,34-35H,1,7-8,11,16H2,2-5H3,(H2,32,33,37)/b31-15+/t24-,26-/m1/s1. The van der Waals surface area contributed by atoms with Crippen molar-refractivity contribution in [3.63, 3.8) is 0 Å². The molecule has 0 saturated carbocycles. The van der Waals surface area contributed by atoms with Crippen molar-refractivity contribution in [2.75, 3.05) is 33.5 Å². The van der Waals surface area contributed by atoms with Crippen LogP contribution in [0, 0.1) is 0 Å². The third-order valence-electron chi connectivity index (χ3n) is 5.79. The summed E-state index contributed by atoms with van der Waals surface area (Å²) in [6.07, 6.45) is 2.01. The fourth-order valence-corrected chi connectivity index (χ4v) is 4.60. The topological polar surface area (TPSA) is 149 Å². The molecule has 1 heterocycles. The molecule has 13 heteroatoms. The van der Waals surface area contributed by atoms with E-state index in [9.17, 15) is 14.7 Å². The zero-order valence-electron chi connectivity index (χ0n) is 23.9. The summed E-state index contributed by atoms with van der Waals surface area (Å²) in [5, 5.41) is 19.8. The molecule has 0 saturated heterocycles. The first-order valence-corrected chi connectivity index (χ1v) is 13.9. The maximum absolute atomic E-state index is 12.4. The van der Waals surface area contributed by atoms with Gasteiger partial charge in [-0.25, -0.2) is 9.59 Å². The monoisotopic (exact) mass is 646 g/mol. The summed E-state index contributed by atoms with van der Waals surface area (Å²) >= 11 is 3.49. The number of methoxy groups -OCH3 is 1. The van der Waals surface area contributed by atoms with E-state index in [-0.39, 0.29) is 12.2 Å². The second-order valence-electron chi connectivity index (χ2n) is 8.78. The van der Waals surface area contributed by atoms with E-state index in [2.05, 4.69) is 43.7 Å². The first-order valence-electron chi connectivity index (χ1n) is 13.1. The van der Waals surface area contributed by atoms with Crippen molar-refractivity contribution in [3.05, 3.63) is 69.9 Å². The Morgan fingerprint density at radius 2 is 1.88 bits per heavy atom. The molecule has 0 fully saturated rings. The fraction of sp³-hybridized carbons (Fsp3) is 0.345. The van der Waals surface area contributed by atoms with E-state index in [4.69, 9.17) is 23.7 Å². The van der Waals surface area contributed by atoms with Crippen molar-refractivity contribution in [3.8, 4) is 23.0 Å². The minimum absolute atomic E-state index is 0.157. The number of nitrogens with zero attached hydrogens (tertiary/aromatic N) is 1. The van der Waals surface area contributed by atoms with Gasteiger partial charge in [-0.15, -0.1) is 0 Å². The van der Waals surface area contributed by atoms with E-state index in [0.717, 1.165) is 0 Å². The van der Waals surface area contributed by atoms with Crippen LogP contribution in [0.2, 0.25) is 0 Å². The van der Waals surface area contributed by atoms with Crippen LogP contribution in [0.3, 0.4) is 0 Å². The molecule has 0 radical (unpaired) electrons. The lowest BCUT2D eigenvalue weighted by atomic mass is 9.95. The van der Waals surface area contributed by atoms with Crippen LogP contribution in [0.15, 0.2) is 63.8 Å². The first-order chi connectivity index (χ1) is 20.2. The van der Waals surface area contributed by atoms with E-state index < -0.39 is 24.3 Å². The second kappa shape index (κ2) is 15.7. The normalized spacial score (nSPS) is 15.4. The Balaban J connectivity index is 1.69. The highest BCUT2D eigenvalue weighted by Gasteiger charge is 2.32. The predicted octanol–water partition coefficient (Wildman–Crippen LogP) is 3.93. The molecule has 226 valence electrons. The number of ether oxygens (including phenoxy) is 5. The average molecular weight is 648 g/mol. The van der Waals surface area contributed by atoms with Crippen LogP contribution >= 0.6 is 15.9 Å². The smallest absolute Gasteiger partial charge is 0.337 e. The van der Waals surface area contributed by atoms with Crippen molar-refractivity contribution < 1.29 is 38.4 Å². The highest BCUT2D eigenvalue weighted by Crippen LogP contribution is 2.37. The maximum atomic E-state index is 12.4. The number of benzene rings is 2. The minimum atomic E-state index is -1.15. The fourth-order valence-electron chi connectivity index (χ4n) is 4.03. The zero-order valence-corrected chi connectivity index (χ0v) is 25.4. The van der Waals surface area contributed by atoms with Crippen molar-refractivity contribution in [1.82, 2.24) is 16.1 Å². The highest BCUT2D eigenvalue weighted by molar-refractivity contribution is 9.10. The van der Waals surface area contributed by atoms with Gasteiger partial charge in [-0.3, -0.25) is 5.43 Å². The molecule has 12 nitrogen and oxygen atoms in total. The molecule has 0 aromatic heterocycles. The van der Waals surface area contributed by atoms with Gasteiger partial charge in [0.15, 0.2) is 29.2 Å². The molecule has 0 aliphatic carbocycles. The molecule has 42 heavy (non-hydrogen) atoms. The SMILES string of the molecule is C=CCOc1c(Br)cc(/C=N/N[C@H](O)COc2ccc([C@H]3NC(=O)NC(C)=C3C(=O)OC)cc2OCC)cc1OCC. The van der Waals surface area contributed by atoms with Gasteiger partial charge in [0.05, 0.1) is 42.6 Å². The molecule has 2 aromatic carbocycles. The average Bonchev–Trinajstić information content (AvgIpc) is 2.95. The van der Waals surface area contributed by atoms with E-state index >= 15 is 0 Å². The van der Waals surface area contributed by atoms with Crippen LogP contribution in [0.4, 0.5) is 4.79 Å². The van der Waals surface area contributed by atoms with Gasteiger partial charge in [0.2, 0.25) is 0 Å².